The van der Waals surface area contributed by atoms with Crippen LogP contribution >= 0.6 is 11.6 Å². The van der Waals surface area contributed by atoms with Crippen LogP contribution in [0.2, 0.25) is 5.02 Å². The van der Waals surface area contributed by atoms with E-state index in [9.17, 15) is 9.90 Å². The van der Waals surface area contributed by atoms with Crippen LogP contribution < -0.4 is 4.74 Å². The third-order valence-corrected chi connectivity index (χ3v) is 7.58. The fourth-order valence-corrected chi connectivity index (χ4v) is 5.67. The van der Waals surface area contributed by atoms with Crippen LogP contribution in [0.5, 0.6) is 11.8 Å². The summed E-state index contributed by atoms with van der Waals surface area (Å²) in [6, 6.07) is 9.03. The van der Waals surface area contributed by atoms with E-state index in [1.807, 2.05) is 4.57 Å². The first-order valence-electron chi connectivity index (χ1n) is 13.0. The number of fused-ring (bicyclic) bond motifs is 3. The molecule has 3 aromatic heterocycles. The molecule has 9 nitrogen and oxygen atoms in total. The summed E-state index contributed by atoms with van der Waals surface area (Å²) in [4.78, 5) is 30.7. The third kappa shape index (κ3) is 4.95. The number of hydrogen-bond acceptors (Lipinski definition) is 7. The van der Waals surface area contributed by atoms with Crippen LogP contribution in [0.3, 0.4) is 0 Å². The Hall–Kier alpha value is -4.22. The molecule has 1 aliphatic rings. The molecule has 1 unspecified atom stereocenters. The molecule has 0 bridgehead atoms. The molecule has 210 valence electrons. The van der Waals surface area contributed by atoms with Gasteiger partial charge < -0.3 is 19.3 Å². The number of amides is 1. The zero-order valence-corrected chi connectivity index (χ0v) is 22.9. The quantitative estimate of drug-likeness (QED) is 0.296. The van der Waals surface area contributed by atoms with E-state index in [-0.39, 0.29) is 29.7 Å². The van der Waals surface area contributed by atoms with Crippen molar-refractivity contribution in [3.63, 3.8) is 0 Å². The van der Waals surface area contributed by atoms with Gasteiger partial charge in [0.25, 0.3) is 5.91 Å². The van der Waals surface area contributed by atoms with Crippen LogP contribution in [0.15, 0.2) is 55.0 Å². The van der Waals surface area contributed by atoms with Gasteiger partial charge in [-0.25, -0.2) is 23.7 Å². The lowest BCUT2D eigenvalue weighted by molar-refractivity contribution is -0.142. The smallest absolute Gasteiger partial charge is 0.321 e. The standard InChI is InChI=1S/C29H25ClF2N6O3/c1-15(39)28(40)37-9-6-26(23(32)14-37)38-16(2)36-25-13-35-24-12-22(31)19(11-20(24)27(25)38)18-5-4-17(10-21(18)30)41-29-33-7-3-8-34-29/h3-5,7-8,10-13,15,23,26,39H,6,9,14H2,1-2H3/t15?,23-,26-/m0/s1. The molecule has 3 atom stereocenters. The molecule has 5 aromatic rings. The Balaban J connectivity index is 1.41. The fraction of sp³-hybridized carbons (Fsp3) is 0.276. The Morgan fingerprint density at radius 2 is 1.93 bits per heavy atom. The second-order valence-electron chi connectivity index (χ2n) is 9.98. The van der Waals surface area contributed by atoms with Crippen molar-refractivity contribution in [2.45, 2.75) is 38.6 Å². The van der Waals surface area contributed by atoms with E-state index in [1.165, 1.54) is 17.9 Å². The SMILES string of the molecule is Cc1nc2cnc3cc(F)c(-c4ccc(Oc5ncccn5)cc4Cl)cc3c2n1[C@H]1CCN(C(=O)C(C)O)C[C@@H]1F. The molecule has 0 aliphatic carbocycles. The molecule has 0 radical (unpaired) electrons. The molecule has 0 spiro atoms. The van der Waals surface area contributed by atoms with E-state index in [1.54, 1.807) is 55.8 Å². The Labute approximate surface area is 238 Å². The van der Waals surface area contributed by atoms with E-state index < -0.39 is 30.0 Å². The average Bonchev–Trinajstić information content (AvgIpc) is 3.29. The number of alkyl halides is 1. The first-order valence-corrected chi connectivity index (χ1v) is 13.4. The summed E-state index contributed by atoms with van der Waals surface area (Å²) in [6.45, 7) is 3.29. The number of aromatic nitrogens is 5. The summed E-state index contributed by atoms with van der Waals surface area (Å²) in [7, 11) is 0. The molecule has 0 saturated carbocycles. The number of pyridine rings is 1. The highest BCUT2D eigenvalue weighted by Gasteiger charge is 2.35. The number of piperidine rings is 1. The number of aliphatic hydroxyl groups excluding tert-OH is 1. The molecular formula is C29H25ClF2N6O3. The predicted molar refractivity (Wildman–Crippen MR) is 149 cm³/mol. The molecule has 2 aromatic carbocycles. The largest absolute Gasteiger partial charge is 0.424 e. The topological polar surface area (TPSA) is 106 Å². The molecule has 6 rings (SSSR count). The zero-order chi connectivity index (χ0) is 28.8. The van der Waals surface area contributed by atoms with E-state index in [0.29, 0.717) is 45.5 Å². The third-order valence-electron chi connectivity index (χ3n) is 7.27. The van der Waals surface area contributed by atoms with Crippen molar-refractivity contribution in [1.82, 2.24) is 29.4 Å². The lowest BCUT2D eigenvalue weighted by Crippen LogP contribution is -2.48. The number of carbonyl (C=O) groups is 1. The van der Waals surface area contributed by atoms with E-state index in [2.05, 4.69) is 19.9 Å². The summed E-state index contributed by atoms with van der Waals surface area (Å²) in [5.74, 6) is -0.0656. The van der Waals surface area contributed by atoms with Crippen molar-refractivity contribution in [3.05, 3.63) is 71.7 Å². The van der Waals surface area contributed by atoms with Crippen LogP contribution in [-0.2, 0) is 4.79 Å². The molecule has 4 heterocycles. The van der Waals surface area contributed by atoms with Crippen molar-refractivity contribution >= 4 is 39.4 Å². The van der Waals surface area contributed by atoms with Crippen molar-refractivity contribution in [2.75, 3.05) is 13.1 Å². The monoisotopic (exact) mass is 578 g/mol. The number of rotatable bonds is 5. The lowest BCUT2D eigenvalue weighted by Gasteiger charge is -2.36. The van der Waals surface area contributed by atoms with Gasteiger partial charge in [-0.1, -0.05) is 11.6 Å². The maximum absolute atomic E-state index is 15.6. The van der Waals surface area contributed by atoms with Gasteiger partial charge >= 0.3 is 6.01 Å². The summed E-state index contributed by atoms with van der Waals surface area (Å²) in [5.41, 5.74) is 2.21. The number of carbonyl (C=O) groups excluding carboxylic acids is 1. The number of hydrogen-bond donors (Lipinski definition) is 1. The van der Waals surface area contributed by atoms with E-state index in [0.717, 1.165) is 0 Å². The minimum atomic E-state index is -1.40. The second-order valence-corrected chi connectivity index (χ2v) is 10.4. The van der Waals surface area contributed by atoms with Gasteiger partial charge in [0.05, 0.1) is 34.8 Å². The van der Waals surface area contributed by atoms with Crippen molar-refractivity contribution < 1.29 is 23.4 Å². The van der Waals surface area contributed by atoms with Gasteiger partial charge in [0.2, 0.25) is 0 Å². The van der Waals surface area contributed by atoms with E-state index in [4.69, 9.17) is 16.3 Å². The average molecular weight is 579 g/mol. The molecule has 12 heteroatoms. The summed E-state index contributed by atoms with van der Waals surface area (Å²) < 4.78 is 38.5. The number of nitrogens with zero attached hydrogens (tertiary/aromatic N) is 6. The highest BCUT2D eigenvalue weighted by molar-refractivity contribution is 6.33. The number of aliphatic hydroxyl groups is 1. The highest BCUT2D eigenvalue weighted by Crippen LogP contribution is 2.39. The number of imidazole rings is 1. The second kappa shape index (κ2) is 10.6. The van der Waals surface area contributed by atoms with Gasteiger partial charge in [0, 0.05) is 47.6 Å². The zero-order valence-electron chi connectivity index (χ0n) is 22.1. The van der Waals surface area contributed by atoms with Crippen LogP contribution in [0, 0.1) is 12.7 Å². The molecule has 1 saturated heterocycles. The van der Waals surface area contributed by atoms with Crippen LogP contribution in [0.25, 0.3) is 33.1 Å². The van der Waals surface area contributed by atoms with Gasteiger partial charge in [-0.2, -0.15) is 0 Å². The molecular weight excluding hydrogens is 554 g/mol. The van der Waals surface area contributed by atoms with Gasteiger partial charge in [-0.05, 0) is 44.5 Å². The molecule has 1 N–H and O–H groups in total. The first-order chi connectivity index (χ1) is 19.7. The minimum Gasteiger partial charge on any atom is -0.424 e. The van der Waals surface area contributed by atoms with Crippen molar-refractivity contribution in [3.8, 4) is 22.9 Å². The maximum Gasteiger partial charge on any atom is 0.321 e. The summed E-state index contributed by atoms with van der Waals surface area (Å²) >= 11 is 6.59. The Morgan fingerprint density at radius 1 is 1.15 bits per heavy atom. The Bertz CT molecular complexity index is 1780. The molecule has 41 heavy (non-hydrogen) atoms. The number of ether oxygens (including phenoxy) is 1. The molecule has 1 fully saturated rings. The normalized spacial score (nSPS) is 18.1. The Kier molecular flexibility index (Phi) is 7.00. The highest BCUT2D eigenvalue weighted by atomic mass is 35.5. The fourth-order valence-electron chi connectivity index (χ4n) is 5.40. The number of likely N-dealkylation sites (tertiary alicyclic amines) is 1. The summed E-state index contributed by atoms with van der Waals surface area (Å²) in [6.07, 6.45) is 2.37. The van der Waals surface area contributed by atoms with Gasteiger partial charge in [-0.15, -0.1) is 0 Å². The Morgan fingerprint density at radius 3 is 2.63 bits per heavy atom. The number of aryl methyl sites for hydroxylation is 1. The van der Waals surface area contributed by atoms with Crippen molar-refractivity contribution in [1.29, 1.82) is 0 Å². The first kappa shape index (κ1) is 27.0. The van der Waals surface area contributed by atoms with Gasteiger partial charge in [0.15, 0.2) is 0 Å². The predicted octanol–water partition coefficient (Wildman–Crippen LogP) is 5.43. The number of benzene rings is 2. The van der Waals surface area contributed by atoms with Crippen LogP contribution in [0.4, 0.5) is 8.78 Å². The van der Waals surface area contributed by atoms with Crippen LogP contribution in [-0.4, -0.2) is 65.8 Å². The minimum absolute atomic E-state index is 0.144. The molecule has 1 amide bonds. The lowest BCUT2D eigenvalue weighted by atomic mass is 9.99. The van der Waals surface area contributed by atoms with Gasteiger partial charge in [0.1, 0.15) is 35.2 Å². The number of halogens is 3. The van der Waals surface area contributed by atoms with Gasteiger partial charge in [-0.3, -0.25) is 9.78 Å². The van der Waals surface area contributed by atoms with E-state index >= 15 is 8.78 Å². The maximum atomic E-state index is 15.6. The summed E-state index contributed by atoms with van der Waals surface area (Å²) in [5, 5.41) is 10.5. The molecule has 1 aliphatic heterocycles. The van der Waals surface area contributed by atoms with Crippen LogP contribution in [0.1, 0.15) is 25.2 Å². The van der Waals surface area contributed by atoms with Crippen molar-refractivity contribution in [2.24, 2.45) is 0 Å².